The summed E-state index contributed by atoms with van der Waals surface area (Å²) in [6.07, 6.45) is 0.165. The second-order valence-electron chi connectivity index (χ2n) is 9.39. The molecule has 7 nitrogen and oxygen atoms in total. The molecule has 0 aliphatic carbocycles. The summed E-state index contributed by atoms with van der Waals surface area (Å²) in [5.74, 6) is -1.83. The molecule has 0 radical (unpaired) electrons. The van der Waals surface area contributed by atoms with E-state index in [4.69, 9.17) is 14.2 Å². The summed E-state index contributed by atoms with van der Waals surface area (Å²) in [5.41, 5.74) is 1.95. The van der Waals surface area contributed by atoms with Crippen molar-refractivity contribution in [1.29, 1.82) is 0 Å². The maximum absolute atomic E-state index is 13.1. The van der Waals surface area contributed by atoms with Gasteiger partial charge in [0.2, 0.25) is 5.91 Å². The Hall–Kier alpha value is -3.03. The van der Waals surface area contributed by atoms with Crippen LogP contribution in [0.15, 0.2) is 60.7 Å². The number of benzene rings is 2. The van der Waals surface area contributed by atoms with E-state index in [1.54, 1.807) is 21.1 Å². The predicted molar refractivity (Wildman–Crippen MR) is 138 cm³/mol. The van der Waals surface area contributed by atoms with Crippen LogP contribution < -0.4 is 5.32 Å². The molecular formula is C29H39NO6. The van der Waals surface area contributed by atoms with Gasteiger partial charge in [0.1, 0.15) is 6.61 Å². The zero-order valence-corrected chi connectivity index (χ0v) is 21.9. The van der Waals surface area contributed by atoms with Crippen LogP contribution >= 0.6 is 0 Å². The first-order valence-corrected chi connectivity index (χ1v) is 12.4. The van der Waals surface area contributed by atoms with Gasteiger partial charge in [-0.05, 0) is 30.4 Å². The van der Waals surface area contributed by atoms with Crippen LogP contribution in [0.5, 0.6) is 0 Å². The number of esters is 1. The number of rotatable bonds is 15. The molecule has 36 heavy (non-hydrogen) atoms. The summed E-state index contributed by atoms with van der Waals surface area (Å²) in [6, 6.07) is 18.5. The standard InChI is InChI=1S/C29H39NO6/c1-20(2)25(18-27(32)36-19-23-14-10-7-11-15-23)28(33)30-21(3)26(31)17-24(29(34-4)35-5)16-22-12-8-6-9-13-22/h6-15,20-21,24-25,29H,16-19H2,1-5H3,(H,30,33)/t21-,24?,25-/m0/s1. The monoisotopic (exact) mass is 497 g/mol. The molecule has 0 bridgehead atoms. The van der Waals surface area contributed by atoms with Gasteiger partial charge in [0.05, 0.1) is 18.4 Å². The molecule has 1 N–H and O–H groups in total. The lowest BCUT2D eigenvalue weighted by atomic mass is 9.90. The van der Waals surface area contributed by atoms with Crippen LogP contribution in [0.3, 0.4) is 0 Å². The second-order valence-corrected chi connectivity index (χ2v) is 9.39. The van der Waals surface area contributed by atoms with E-state index in [1.807, 2.05) is 74.5 Å². The summed E-state index contributed by atoms with van der Waals surface area (Å²) in [6.45, 7) is 5.57. The van der Waals surface area contributed by atoms with Crippen LogP contribution in [0.1, 0.15) is 44.7 Å². The van der Waals surface area contributed by atoms with Crippen molar-refractivity contribution in [2.45, 2.75) is 59.0 Å². The maximum Gasteiger partial charge on any atom is 0.306 e. The Labute approximate surface area is 214 Å². The molecule has 0 aliphatic rings. The fourth-order valence-corrected chi connectivity index (χ4v) is 4.11. The quantitative estimate of drug-likeness (QED) is 0.291. The highest BCUT2D eigenvalue weighted by Gasteiger charge is 2.30. The fourth-order valence-electron chi connectivity index (χ4n) is 4.11. The molecule has 2 aromatic carbocycles. The normalized spacial score (nSPS) is 13.8. The Balaban J connectivity index is 1.96. The van der Waals surface area contributed by atoms with Crippen LogP contribution in [0, 0.1) is 17.8 Å². The minimum absolute atomic E-state index is 0.0523. The molecule has 0 saturated carbocycles. The zero-order chi connectivity index (χ0) is 26.5. The first-order chi connectivity index (χ1) is 17.2. The highest BCUT2D eigenvalue weighted by Crippen LogP contribution is 2.21. The van der Waals surface area contributed by atoms with E-state index in [0.717, 1.165) is 11.1 Å². The molecule has 3 atom stereocenters. The predicted octanol–water partition coefficient (Wildman–Crippen LogP) is 4.33. The van der Waals surface area contributed by atoms with Crippen molar-refractivity contribution in [3.05, 3.63) is 71.8 Å². The van der Waals surface area contributed by atoms with Crippen LogP contribution in [0.25, 0.3) is 0 Å². The van der Waals surface area contributed by atoms with Crippen molar-refractivity contribution in [2.75, 3.05) is 14.2 Å². The number of ketones is 1. The van der Waals surface area contributed by atoms with Gasteiger partial charge in [-0.25, -0.2) is 0 Å². The van der Waals surface area contributed by atoms with Crippen molar-refractivity contribution in [3.63, 3.8) is 0 Å². The third kappa shape index (κ3) is 9.55. The SMILES string of the molecule is COC(OC)C(CC(=O)[C@H](C)NC(=O)[C@@H](CC(=O)OCc1ccccc1)C(C)C)Cc1ccccc1. The highest BCUT2D eigenvalue weighted by molar-refractivity contribution is 5.91. The fraction of sp³-hybridized carbons (Fsp3) is 0.483. The van der Waals surface area contributed by atoms with Crippen molar-refractivity contribution in [3.8, 4) is 0 Å². The van der Waals surface area contributed by atoms with Crippen molar-refractivity contribution in [1.82, 2.24) is 5.32 Å². The Kier molecular flexibility index (Phi) is 12.3. The van der Waals surface area contributed by atoms with E-state index in [1.165, 1.54) is 0 Å². The maximum atomic E-state index is 13.1. The zero-order valence-electron chi connectivity index (χ0n) is 21.9. The molecule has 2 aromatic rings. The Morgan fingerprint density at radius 3 is 1.89 bits per heavy atom. The smallest absolute Gasteiger partial charge is 0.306 e. The van der Waals surface area contributed by atoms with Gasteiger partial charge in [-0.2, -0.15) is 0 Å². The number of nitrogens with one attached hydrogen (secondary N) is 1. The van der Waals surface area contributed by atoms with Crippen LogP contribution in [-0.4, -0.2) is 44.2 Å². The Morgan fingerprint density at radius 2 is 1.36 bits per heavy atom. The molecule has 0 fully saturated rings. The number of amides is 1. The molecule has 196 valence electrons. The number of carbonyl (C=O) groups excluding carboxylic acids is 3. The molecule has 7 heteroatoms. The van der Waals surface area contributed by atoms with Crippen molar-refractivity contribution in [2.24, 2.45) is 17.8 Å². The van der Waals surface area contributed by atoms with E-state index < -0.39 is 24.2 Å². The molecule has 1 amide bonds. The number of hydrogen-bond acceptors (Lipinski definition) is 6. The number of Topliss-reactive ketones (excluding diaryl/α,β-unsaturated/α-hetero) is 1. The lowest BCUT2D eigenvalue weighted by Crippen LogP contribution is -2.44. The summed E-state index contributed by atoms with van der Waals surface area (Å²) in [4.78, 5) is 38.5. The number of methoxy groups -OCH3 is 2. The molecular weight excluding hydrogens is 458 g/mol. The van der Waals surface area contributed by atoms with Gasteiger partial charge in [0, 0.05) is 26.6 Å². The van der Waals surface area contributed by atoms with E-state index >= 15 is 0 Å². The number of ether oxygens (including phenoxy) is 3. The van der Waals surface area contributed by atoms with Gasteiger partial charge < -0.3 is 19.5 Å². The molecule has 1 unspecified atom stereocenters. The Bertz CT molecular complexity index is 943. The summed E-state index contributed by atoms with van der Waals surface area (Å²) in [5, 5.41) is 2.81. The average molecular weight is 498 g/mol. The minimum atomic E-state index is -0.716. The van der Waals surface area contributed by atoms with Gasteiger partial charge >= 0.3 is 5.97 Å². The van der Waals surface area contributed by atoms with E-state index in [9.17, 15) is 14.4 Å². The van der Waals surface area contributed by atoms with Gasteiger partial charge in [-0.15, -0.1) is 0 Å². The molecule has 0 heterocycles. The molecule has 0 saturated heterocycles. The third-order valence-corrected chi connectivity index (χ3v) is 6.27. The third-order valence-electron chi connectivity index (χ3n) is 6.27. The highest BCUT2D eigenvalue weighted by atomic mass is 16.7. The van der Waals surface area contributed by atoms with E-state index in [-0.39, 0.29) is 43.0 Å². The molecule has 2 rings (SSSR count). The topological polar surface area (TPSA) is 90.9 Å². The Morgan fingerprint density at radius 1 is 0.806 bits per heavy atom. The van der Waals surface area contributed by atoms with Crippen LogP contribution in [0.2, 0.25) is 0 Å². The summed E-state index contributed by atoms with van der Waals surface area (Å²) in [7, 11) is 3.10. The second kappa shape index (κ2) is 15.2. The van der Waals surface area contributed by atoms with Crippen LogP contribution in [0.4, 0.5) is 0 Å². The van der Waals surface area contributed by atoms with Crippen molar-refractivity contribution >= 4 is 17.7 Å². The largest absolute Gasteiger partial charge is 0.461 e. The molecule has 0 aliphatic heterocycles. The van der Waals surface area contributed by atoms with E-state index in [0.29, 0.717) is 6.42 Å². The van der Waals surface area contributed by atoms with Crippen molar-refractivity contribution < 1.29 is 28.6 Å². The van der Waals surface area contributed by atoms with Gasteiger partial charge in [-0.1, -0.05) is 74.5 Å². The van der Waals surface area contributed by atoms with Crippen LogP contribution in [-0.2, 0) is 41.6 Å². The summed E-state index contributed by atoms with van der Waals surface area (Å²) >= 11 is 0. The van der Waals surface area contributed by atoms with Gasteiger partial charge in [-0.3, -0.25) is 14.4 Å². The molecule has 0 spiro atoms. The summed E-state index contributed by atoms with van der Waals surface area (Å²) < 4.78 is 16.3. The minimum Gasteiger partial charge on any atom is -0.461 e. The number of carbonyl (C=O) groups is 3. The lowest BCUT2D eigenvalue weighted by molar-refractivity contribution is -0.149. The first-order valence-electron chi connectivity index (χ1n) is 12.4. The lowest BCUT2D eigenvalue weighted by Gasteiger charge is -2.26. The van der Waals surface area contributed by atoms with E-state index in [2.05, 4.69) is 5.32 Å². The average Bonchev–Trinajstić information content (AvgIpc) is 2.87. The number of hydrogen-bond donors (Lipinski definition) is 1. The molecule has 0 aromatic heterocycles. The first kappa shape index (κ1) is 29.2. The van der Waals surface area contributed by atoms with Gasteiger partial charge in [0.15, 0.2) is 12.1 Å². The van der Waals surface area contributed by atoms with Gasteiger partial charge in [0.25, 0.3) is 0 Å².